The van der Waals surface area contributed by atoms with E-state index in [4.69, 9.17) is 0 Å². The minimum atomic E-state index is -0.440. The standard InChI is InChI=1S/C17H22N2O2/c1-3-5-15-17(21)19(11(2)16(20)18-15)14-9-8-12-6-4-7-13(12)10-14/h8-11,15H,3-7H2,1-2H3,(H,18,20). The first-order valence-electron chi connectivity index (χ1n) is 7.87. The number of hydrogen-bond acceptors (Lipinski definition) is 2. The molecule has 4 heteroatoms. The number of carbonyl (C=O) groups is 2. The molecule has 0 spiro atoms. The quantitative estimate of drug-likeness (QED) is 0.926. The third kappa shape index (κ3) is 2.43. The topological polar surface area (TPSA) is 49.4 Å². The predicted octanol–water partition coefficient (Wildman–Crippen LogP) is 2.20. The van der Waals surface area contributed by atoms with E-state index in [1.807, 2.05) is 13.0 Å². The highest BCUT2D eigenvalue weighted by molar-refractivity contribution is 6.08. The van der Waals surface area contributed by atoms with Crippen LogP contribution in [0.1, 0.15) is 44.2 Å². The summed E-state index contributed by atoms with van der Waals surface area (Å²) >= 11 is 0. The number of benzene rings is 1. The average molecular weight is 286 g/mol. The van der Waals surface area contributed by atoms with Gasteiger partial charge < -0.3 is 5.32 Å². The molecular weight excluding hydrogens is 264 g/mol. The van der Waals surface area contributed by atoms with Crippen molar-refractivity contribution in [3.63, 3.8) is 0 Å². The Morgan fingerprint density at radius 1 is 1.24 bits per heavy atom. The van der Waals surface area contributed by atoms with Crippen LogP contribution in [0.4, 0.5) is 5.69 Å². The van der Waals surface area contributed by atoms with Crippen LogP contribution >= 0.6 is 0 Å². The van der Waals surface area contributed by atoms with Crippen molar-refractivity contribution in [1.82, 2.24) is 5.32 Å². The summed E-state index contributed by atoms with van der Waals surface area (Å²) in [4.78, 5) is 26.5. The Hall–Kier alpha value is -1.84. The molecule has 1 aliphatic heterocycles. The number of nitrogens with zero attached hydrogens (tertiary/aromatic N) is 1. The van der Waals surface area contributed by atoms with Gasteiger partial charge in [0, 0.05) is 5.69 Å². The largest absolute Gasteiger partial charge is 0.342 e. The smallest absolute Gasteiger partial charge is 0.250 e. The Morgan fingerprint density at radius 3 is 2.76 bits per heavy atom. The number of hydrogen-bond donors (Lipinski definition) is 1. The van der Waals surface area contributed by atoms with Crippen LogP contribution in [0.5, 0.6) is 0 Å². The lowest BCUT2D eigenvalue weighted by Crippen LogP contribution is -2.62. The van der Waals surface area contributed by atoms with Crippen molar-refractivity contribution in [1.29, 1.82) is 0 Å². The second-order valence-corrected chi connectivity index (χ2v) is 6.04. The molecule has 1 aromatic rings. The van der Waals surface area contributed by atoms with Gasteiger partial charge in [-0.1, -0.05) is 19.4 Å². The van der Waals surface area contributed by atoms with Crippen molar-refractivity contribution in [3.05, 3.63) is 29.3 Å². The Labute approximate surface area is 125 Å². The van der Waals surface area contributed by atoms with Crippen molar-refractivity contribution >= 4 is 17.5 Å². The molecule has 3 rings (SSSR count). The monoisotopic (exact) mass is 286 g/mol. The van der Waals surface area contributed by atoms with Gasteiger partial charge in [0.25, 0.3) is 0 Å². The van der Waals surface area contributed by atoms with E-state index in [9.17, 15) is 9.59 Å². The number of amides is 2. The molecule has 2 atom stereocenters. The number of rotatable bonds is 3. The van der Waals surface area contributed by atoms with E-state index in [-0.39, 0.29) is 17.9 Å². The third-order valence-corrected chi connectivity index (χ3v) is 4.56. The summed E-state index contributed by atoms with van der Waals surface area (Å²) in [6.45, 7) is 3.82. The highest BCUT2D eigenvalue weighted by Crippen LogP contribution is 2.29. The second kappa shape index (κ2) is 5.51. The fourth-order valence-corrected chi connectivity index (χ4v) is 3.37. The maximum absolute atomic E-state index is 12.7. The average Bonchev–Trinajstić information content (AvgIpc) is 2.93. The predicted molar refractivity (Wildman–Crippen MR) is 82.3 cm³/mol. The van der Waals surface area contributed by atoms with Crippen molar-refractivity contribution in [2.45, 2.75) is 58.0 Å². The summed E-state index contributed by atoms with van der Waals surface area (Å²) in [5, 5.41) is 2.84. The summed E-state index contributed by atoms with van der Waals surface area (Å²) in [5.41, 5.74) is 3.57. The normalized spacial score (nSPS) is 25.0. The van der Waals surface area contributed by atoms with Crippen LogP contribution in [0.25, 0.3) is 0 Å². The molecule has 2 unspecified atom stereocenters. The summed E-state index contributed by atoms with van der Waals surface area (Å²) < 4.78 is 0. The number of piperazine rings is 1. The van der Waals surface area contributed by atoms with Gasteiger partial charge in [-0.15, -0.1) is 0 Å². The second-order valence-electron chi connectivity index (χ2n) is 6.04. The summed E-state index contributed by atoms with van der Waals surface area (Å²) in [6, 6.07) is 5.37. The lowest BCUT2D eigenvalue weighted by Gasteiger charge is -2.37. The molecule has 112 valence electrons. The molecule has 0 bridgehead atoms. The maximum atomic E-state index is 12.7. The molecule has 1 N–H and O–H groups in total. The lowest BCUT2D eigenvalue weighted by atomic mass is 10.0. The first kappa shape index (κ1) is 14.1. The van der Waals surface area contributed by atoms with Gasteiger partial charge in [0.2, 0.25) is 11.8 Å². The van der Waals surface area contributed by atoms with E-state index in [0.717, 1.165) is 24.9 Å². The molecule has 4 nitrogen and oxygen atoms in total. The minimum absolute atomic E-state index is 0.0156. The summed E-state index contributed by atoms with van der Waals surface area (Å²) in [5.74, 6) is -0.0459. The van der Waals surface area contributed by atoms with Gasteiger partial charge >= 0.3 is 0 Å². The molecule has 0 saturated carbocycles. The summed E-state index contributed by atoms with van der Waals surface area (Å²) in [7, 11) is 0. The molecule has 1 fully saturated rings. The number of aryl methyl sites for hydroxylation is 2. The Bertz CT molecular complexity index is 582. The van der Waals surface area contributed by atoms with Gasteiger partial charge in [-0.25, -0.2) is 0 Å². The molecule has 21 heavy (non-hydrogen) atoms. The molecule has 2 amide bonds. The van der Waals surface area contributed by atoms with Crippen molar-refractivity contribution in [3.8, 4) is 0 Å². The number of carbonyl (C=O) groups excluding carboxylic acids is 2. The van der Waals surface area contributed by atoms with Crippen molar-refractivity contribution in [2.75, 3.05) is 4.90 Å². The zero-order valence-corrected chi connectivity index (χ0v) is 12.7. The van der Waals surface area contributed by atoms with Crippen LogP contribution in [-0.2, 0) is 22.4 Å². The fraction of sp³-hybridized carbons (Fsp3) is 0.529. The number of nitrogens with one attached hydrogen (secondary N) is 1. The van der Waals surface area contributed by atoms with Crippen LogP contribution in [0.3, 0.4) is 0 Å². The molecular formula is C17H22N2O2. The zero-order chi connectivity index (χ0) is 15.0. The molecule has 1 saturated heterocycles. The highest BCUT2D eigenvalue weighted by atomic mass is 16.2. The van der Waals surface area contributed by atoms with Gasteiger partial charge in [-0.3, -0.25) is 14.5 Å². The van der Waals surface area contributed by atoms with Crippen molar-refractivity contribution < 1.29 is 9.59 Å². The van der Waals surface area contributed by atoms with E-state index >= 15 is 0 Å². The van der Waals surface area contributed by atoms with Gasteiger partial charge in [0.05, 0.1) is 0 Å². The Kier molecular flexibility index (Phi) is 3.70. The maximum Gasteiger partial charge on any atom is 0.250 e. The highest BCUT2D eigenvalue weighted by Gasteiger charge is 2.38. The first-order chi connectivity index (χ1) is 10.1. The Morgan fingerprint density at radius 2 is 2.00 bits per heavy atom. The van der Waals surface area contributed by atoms with E-state index < -0.39 is 6.04 Å². The van der Waals surface area contributed by atoms with Crippen LogP contribution in [0.15, 0.2) is 18.2 Å². The van der Waals surface area contributed by atoms with Gasteiger partial charge in [-0.05, 0) is 55.9 Å². The van der Waals surface area contributed by atoms with E-state index in [1.54, 1.807) is 11.8 Å². The summed E-state index contributed by atoms with van der Waals surface area (Å²) in [6.07, 6.45) is 4.95. The zero-order valence-electron chi connectivity index (χ0n) is 12.7. The Balaban J connectivity index is 1.94. The van der Waals surface area contributed by atoms with Gasteiger partial charge in [0.15, 0.2) is 0 Å². The molecule has 1 heterocycles. The fourth-order valence-electron chi connectivity index (χ4n) is 3.37. The minimum Gasteiger partial charge on any atom is -0.342 e. The van der Waals surface area contributed by atoms with Crippen LogP contribution in [0, 0.1) is 0 Å². The lowest BCUT2D eigenvalue weighted by molar-refractivity contribution is -0.133. The van der Waals surface area contributed by atoms with Gasteiger partial charge in [0.1, 0.15) is 12.1 Å². The van der Waals surface area contributed by atoms with Crippen molar-refractivity contribution in [2.24, 2.45) is 0 Å². The van der Waals surface area contributed by atoms with E-state index in [0.29, 0.717) is 6.42 Å². The van der Waals surface area contributed by atoms with Crippen LogP contribution in [0.2, 0.25) is 0 Å². The molecule has 0 radical (unpaired) electrons. The SMILES string of the molecule is CCCC1NC(=O)C(C)N(c2ccc3c(c2)CCC3)C1=O. The van der Waals surface area contributed by atoms with E-state index in [1.165, 1.54) is 17.5 Å². The molecule has 1 aromatic carbocycles. The molecule has 1 aliphatic carbocycles. The molecule has 2 aliphatic rings. The third-order valence-electron chi connectivity index (χ3n) is 4.56. The first-order valence-corrected chi connectivity index (χ1v) is 7.87. The van der Waals surface area contributed by atoms with Gasteiger partial charge in [-0.2, -0.15) is 0 Å². The number of fused-ring (bicyclic) bond motifs is 1. The van der Waals surface area contributed by atoms with E-state index in [2.05, 4.69) is 17.4 Å². The van der Waals surface area contributed by atoms with Crippen LogP contribution < -0.4 is 10.2 Å². The van der Waals surface area contributed by atoms with Crippen LogP contribution in [-0.4, -0.2) is 23.9 Å². The number of anilines is 1. The molecule has 0 aromatic heterocycles.